The maximum Gasteiger partial charge on any atom is 0.323 e. The van der Waals surface area contributed by atoms with E-state index in [0.29, 0.717) is 13.2 Å². The summed E-state index contributed by atoms with van der Waals surface area (Å²) in [6, 6.07) is -0.105. The lowest BCUT2D eigenvalue weighted by molar-refractivity contribution is -0.139. The first kappa shape index (κ1) is 8.27. The third-order valence-electron chi connectivity index (χ3n) is 1.59. The Morgan fingerprint density at radius 3 is 3.09 bits per heavy atom. The molecule has 0 amide bonds. The normalized spacial score (nSPS) is 23.4. The van der Waals surface area contributed by atoms with Crippen molar-refractivity contribution in [2.45, 2.75) is 19.4 Å². The zero-order valence-corrected chi connectivity index (χ0v) is 6.72. The Bertz CT molecular complexity index is 177. The SMILES string of the molecule is C=C(C)CN[C@H]1CCOC1=O. The highest BCUT2D eigenvalue weighted by atomic mass is 16.5. The topological polar surface area (TPSA) is 38.3 Å². The van der Waals surface area contributed by atoms with E-state index < -0.39 is 0 Å². The smallest absolute Gasteiger partial charge is 0.323 e. The summed E-state index contributed by atoms with van der Waals surface area (Å²) in [4.78, 5) is 10.9. The average molecular weight is 155 g/mol. The molecule has 11 heavy (non-hydrogen) atoms. The molecule has 1 rings (SSSR count). The maximum atomic E-state index is 10.9. The summed E-state index contributed by atoms with van der Waals surface area (Å²) in [7, 11) is 0. The van der Waals surface area contributed by atoms with E-state index in [1.54, 1.807) is 0 Å². The average Bonchev–Trinajstić information content (AvgIpc) is 2.31. The van der Waals surface area contributed by atoms with E-state index in [4.69, 9.17) is 4.74 Å². The summed E-state index contributed by atoms with van der Waals surface area (Å²) >= 11 is 0. The van der Waals surface area contributed by atoms with Crippen LogP contribution in [0.2, 0.25) is 0 Å². The van der Waals surface area contributed by atoms with Crippen molar-refractivity contribution >= 4 is 5.97 Å². The molecule has 0 spiro atoms. The molecule has 1 aliphatic rings. The molecule has 0 aliphatic carbocycles. The van der Waals surface area contributed by atoms with E-state index in [1.165, 1.54) is 0 Å². The van der Waals surface area contributed by atoms with Gasteiger partial charge in [0, 0.05) is 13.0 Å². The van der Waals surface area contributed by atoms with Crippen LogP contribution in [0, 0.1) is 0 Å². The van der Waals surface area contributed by atoms with Crippen LogP contribution in [0.15, 0.2) is 12.2 Å². The van der Waals surface area contributed by atoms with Gasteiger partial charge in [0.1, 0.15) is 6.04 Å². The third kappa shape index (κ3) is 2.35. The van der Waals surface area contributed by atoms with Crippen molar-refractivity contribution in [3.05, 3.63) is 12.2 Å². The van der Waals surface area contributed by atoms with Gasteiger partial charge in [0.15, 0.2) is 0 Å². The van der Waals surface area contributed by atoms with Crippen molar-refractivity contribution in [3.8, 4) is 0 Å². The van der Waals surface area contributed by atoms with Gasteiger partial charge in [-0.3, -0.25) is 4.79 Å². The van der Waals surface area contributed by atoms with Gasteiger partial charge in [-0.25, -0.2) is 0 Å². The van der Waals surface area contributed by atoms with Gasteiger partial charge in [-0.2, -0.15) is 0 Å². The molecule has 0 saturated carbocycles. The summed E-state index contributed by atoms with van der Waals surface area (Å²) in [6.07, 6.45) is 0.784. The minimum atomic E-state index is -0.133. The molecule has 0 aromatic heterocycles. The fourth-order valence-electron chi connectivity index (χ4n) is 0.979. The Kier molecular flexibility index (Phi) is 2.65. The second-order valence-corrected chi connectivity index (χ2v) is 2.85. The summed E-state index contributed by atoms with van der Waals surface area (Å²) in [5, 5.41) is 3.06. The van der Waals surface area contributed by atoms with E-state index in [0.717, 1.165) is 12.0 Å². The highest BCUT2D eigenvalue weighted by Gasteiger charge is 2.25. The Morgan fingerprint density at radius 1 is 1.91 bits per heavy atom. The third-order valence-corrected chi connectivity index (χ3v) is 1.59. The van der Waals surface area contributed by atoms with Gasteiger partial charge < -0.3 is 10.1 Å². The molecular formula is C8H13NO2. The molecule has 1 fully saturated rings. The number of ether oxygens (including phenoxy) is 1. The van der Waals surface area contributed by atoms with Gasteiger partial charge in [-0.05, 0) is 6.92 Å². The van der Waals surface area contributed by atoms with Gasteiger partial charge >= 0.3 is 5.97 Å². The molecule has 3 nitrogen and oxygen atoms in total. The predicted octanol–water partition coefficient (Wildman–Crippen LogP) is 0.468. The fourth-order valence-corrected chi connectivity index (χ4v) is 0.979. The number of carbonyl (C=O) groups is 1. The van der Waals surface area contributed by atoms with Crippen molar-refractivity contribution in [2.75, 3.05) is 13.2 Å². The molecule has 0 radical (unpaired) electrons. The predicted molar refractivity (Wildman–Crippen MR) is 42.2 cm³/mol. The first-order valence-electron chi connectivity index (χ1n) is 3.74. The number of carbonyl (C=O) groups excluding carboxylic acids is 1. The van der Waals surface area contributed by atoms with Crippen LogP contribution >= 0.6 is 0 Å². The zero-order valence-electron chi connectivity index (χ0n) is 6.72. The number of cyclic esters (lactones) is 1. The van der Waals surface area contributed by atoms with Crippen LogP contribution in [0.5, 0.6) is 0 Å². The minimum absolute atomic E-state index is 0.105. The lowest BCUT2D eigenvalue weighted by atomic mass is 10.2. The summed E-state index contributed by atoms with van der Waals surface area (Å²) < 4.78 is 4.77. The molecule has 1 atom stereocenters. The van der Waals surface area contributed by atoms with Crippen LogP contribution in [0.4, 0.5) is 0 Å². The largest absolute Gasteiger partial charge is 0.464 e. The van der Waals surface area contributed by atoms with Crippen molar-refractivity contribution in [1.82, 2.24) is 5.32 Å². The van der Waals surface area contributed by atoms with E-state index >= 15 is 0 Å². The highest BCUT2D eigenvalue weighted by molar-refractivity contribution is 5.77. The zero-order chi connectivity index (χ0) is 8.27. The molecule has 0 unspecified atom stereocenters. The van der Waals surface area contributed by atoms with Crippen LogP contribution < -0.4 is 5.32 Å². The Balaban J connectivity index is 2.26. The van der Waals surface area contributed by atoms with Crippen LogP contribution in [0.3, 0.4) is 0 Å². The Hall–Kier alpha value is -0.830. The summed E-state index contributed by atoms with van der Waals surface area (Å²) in [5.74, 6) is -0.133. The molecule has 0 bridgehead atoms. The van der Waals surface area contributed by atoms with E-state index in [-0.39, 0.29) is 12.0 Å². The fraction of sp³-hybridized carbons (Fsp3) is 0.625. The van der Waals surface area contributed by atoms with E-state index in [9.17, 15) is 4.79 Å². The highest BCUT2D eigenvalue weighted by Crippen LogP contribution is 2.05. The standard InChI is InChI=1S/C8H13NO2/c1-6(2)5-9-7-3-4-11-8(7)10/h7,9H,1,3-5H2,2H3/t7-/m0/s1. The van der Waals surface area contributed by atoms with Crippen molar-refractivity contribution in [2.24, 2.45) is 0 Å². The van der Waals surface area contributed by atoms with Crippen molar-refractivity contribution in [1.29, 1.82) is 0 Å². The molecule has 3 heteroatoms. The number of nitrogens with one attached hydrogen (secondary N) is 1. The summed E-state index contributed by atoms with van der Waals surface area (Å²) in [5.41, 5.74) is 1.03. The summed E-state index contributed by atoms with van der Waals surface area (Å²) in [6.45, 7) is 6.89. The molecule has 0 aromatic carbocycles. The molecule has 1 heterocycles. The first-order chi connectivity index (χ1) is 5.20. The van der Waals surface area contributed by atoms with Crippen molar-refractivity contribution in [3.63, 3.8) is 0 Å². The number of hydrogen-bond acceptors (Lipinski definition) is 3. The Labute approximate surface area is 66.4 Å². The number of hydrogen-bond donors (Lipinski definition) is 1. The number of esters is 1. The molecule has 1 aliphatic heterocycles. The van der Waals surface area contributed by atoms with Crippen LogP contribution in [0.25, 0.3) is 0 Å². The van der Waals surface area contributed by atoms with Gasteiger partial charge in [-0.1, -0.05) is 12.2 Å². The van der Waals surface area contributed by atoms with Gasteiger partial charge in [0.25, 0.3) is 0 Å². The van der Waals surface area contributed by atoms with Gasteiger partial charge in [-0.15, -0.1) is 0 Å². The monoisotopic (exact) mass is 155 g/mol. The molecule has 0 aromatic rings. The quantitative estimate of drug-likeness (QED) is 0.475. The maximum absolute atomic E-state index is 10.9. The molecule has 1 saturated heterocycles. The lowest BCUT2D eigenvalue weighted by Crippen LogP contribution is -2.33. The van der Waals surface area contributed by atoms with Crippen LogP contribution in [0.1, 0.15) is 13.3 Å². The van der Waals surface area contributed by atoms with Crippen molar-refractivity contribution < 1.29 is 9.53 Å². The Morgan fingerprint density at radius 2 is 2.64 bits per heavy atom. The second-order valence-electron chi connectivity index (χ2n) is 2.85. The molecule has 62 valence electrons. The first-order valence-corrected chi connectivity index (χ1v) is 3.74. The number of rotatable bonds is 3. The van der Waals surface area contributed by atoms with Crippen LogP contribution in [-0.4, -0.2) is 25.2 Å². The minimum Gasteiger partial charge on any atom is -0.464 e. The lowest BCUT2D eigenvalue weighted by Gasteiger charge is -2.06. The molecule has 1 N–H and O–H groups in total. The van der Waals surface area contributed by atoms with Crippen LogP contribution in [-0.2, 0) is 9.53 Å². The van der Waals surface area contributed by atoms with E-state index in [2.05, 4.69) is 11.9 Å². The second kappa shape index (κ2) is 3.53. The van der Waals surface area contributed by atoms with E-state index in [1.807, 2.05) is 6.92 Å². The van der Waals surface area contributed by atoms with Gasteiger partial charge in [0.2, 0.25) is 0 Å². The van der Waals surface area contributed by atoms with Gasteiger partial charge in [0.05, 0.1) is 6.61 Å². The molecular weight excluding hydrogens is 142 g/mol.